The predicted octanol–water partition coefficient (Wildman–Crippen LogP) is 3.35. The minimum absolute atomic E-state index is 0.156. The average Bonchev–Trinajstić information content (AvgIpc) is 2.47. The van der Waals surface area contributed by atoms with E-state index < -0.39 is 0 Å². The number of esters is 1. The first-order valence-electron chi connectivity index (χ1n) is 6.38. The number of aromatic nitrogens is 1. The number of methoxy groups -OCH3 is 1. The van der Waals surface area contributed by atoms with Crippen molar-refractivity contribution in [2.75, 3.05) is 7.11 Å². The highest BCUT2D eigenvalue weighted by Crippen LogP contribution is 2.22. The van der Waals surface area contributed by atoms with Crippen LogP contribution in [0.3, 0.4) is 0 Å². The fourth-order valence-electron chi connectivity index (χ4n) is 2.14. The Morgan fingerprint density at radius 1 is 1.30 bits per heavy atom. The van der Waals surface area contributed by atoms with Crippen LogP contribution in [-0.2, 0) is 11.2 Å². The Balaban J connectivity index is 2.21. The number of hydrogen-bond donors (Lipinski definition) is 0. The third-order valence-corrected chi connectivity index (χ3v) is 3.27. The predicted molar refractivity (Wildman–Crippen MR) is 74.1 cm³/mol. The van der Waals surface area contributed by atoms with E-state index in [4.69, 9.17) is 4.74 Å². The molecule has 1 atom stereocenters. The van der Waals surface area contributed by atoms with E-state index in [1.54, 1.807) is 30.6 Å². The normalized spacial score (nSPS) is 11.9. The van der Waals surface area contributed by atoms with Crippen molar-refractivity contribution < 1.29 is 13.9 Å². The fraction of sp³-hybridized carbons (Fsp3) is 0.250. The van der Waals surface area contributed by atoms with Gasteiger partial charge in [0.15, 0.2) is 0 Å². The van der Waals surface area contributed by atoms with Crippen LogP contribution < -0.4 is 0 Å². The van der Waals surface area contributed by atoms with Crippen molar-refractivity contribution in [2.24, 2.45) is 0 Å². The Kier molecular flexibility index (Phi) is 4.45. The van der Waals surface area contributed by atoms with Gasteiger partial charge in [-0.1, -0.05) is 19.1 Å². The lowest BCUT2D eigenvalue weighted by atomic mass is 9.92. The van der Waals surface area contributed by atoms with Gasteiger partial charge in [0.1, 0.15) is 5.82 Å². The number of ether oxygens (including phenoxy) is 1. The molecule has 104 valence electrons. The zero-order chi connectivity index (χ0) is 14.5. The van der Waals surface area contributed by atoms with Gasteiger partial charge in [-0.2, -0.15) is 0 Å². The summed E-state index contributed by atoms with van der Waals surface area (Å²) in [7, 11) is 1.36. The first-order chi connectivity index (χ1) is 9.61. The molecule has 0 spiro atoms. The number of nitrogens with zero attached hydrogens (tertiary/aromatic N) is 1. The van der Waals surface area contributed by atoms with E-state index in [1.807, 2.05) is 6.92 Å². The Hall–Kier alpha value is -2.23. The number of benzene rings is 1. The van der Waals surface area contributed by atoms with Gasteiger partial charge in [-0.3, -0.25) is 4.98 Å². The van der Waals surface area contributed by atoms with E-state index in [0.717, 1.165) is 11.1 Å². The minimum Gasteiger partial charge on any atom is -0.465 e. The Morgan fingerprint density at radius 2 is 2.00 bits per heavy atom. The number of rotatable bonds is 4. The second-order valence-corrected chi connectivity index (χ2v) is 4.68. The summed E-state index contributed by atoms with van der Waals surface area (Å²) in [5.74, 6) is -0.463. The Labute approximate surface area is 117 Å². The maximum absolute atomic E-state index is 12.9. The summed E-state index contributed by atoms with van der Waals surface area (Å²) >= 11 is 0. The summed E-state index contributed by atoms with van der Waals surface area (Å²) in [5, 5.41) is 0. The lowest BCUT2D eigenvalue weighted by Crippen LogP contribution is -2.08. The molecule has 0 saturated heterocycles. The molecular formula is C16H16FNO2. The highest BCUT2D eigenvalue weighted by Gasteiger charge is 2.15. The van der Waals surface area contributed by atoms with E-state index in [-0.39, 0.29) is 17.7 Å². The van der Waals surface area contributed by atoms with Gasteiger partial charge in [-0.05, 0) is 41.7 Å². The molecule has 2 rings (SSSR count). The molecule has 0 unspecified atom stereocenters. The molecule has 2 aromatic rings. The van der Waals surface area contributed by atoms with Crippen molar-refractivity contribution in [3.8, 4) is 0 Å². The van der Waals surface area contributed by atoms with Crippen molar-refractivity contribution in [3.63, 3.8) is 0 Å². The summed E-state index contributed by atoms with van der Waals surface area (Å²) in [5.41, 5.74) is 2.37. The standard InChI is InChI=1S/C16H16FNO2/c1-11(12-3-5-14(17)6-4-12)9-13-10-18-8-7-15(13)16(19)20-2/h3-8,10-11H,9H2,1-2H3/t11-/m1/s1. The Bertz CT molecular complexity index is 596. The first-order valence-corrected chi connectivity index (χ1v) is 6.38. The Morgan fingerprint density at radius 3 is 2.65 bits per heavy atom. The molecule has 0 bridgehead atoms. The molecule has 3 nitrogen and oxygen atoms in total. The summed E-state index contributed by atoms with van der Waals surface area (Å²) in [4.78, 5) is 15.8. The zero-order valence-corrected chi connectivity index (χ0v) is 11.5. The topological polar surface area (TPSA) is 39.2 Å². The van der Waals surface area contributed by atoms with Crippen molar-refractivity contribution in [2.45, 2.75) is 19.3 Å². The minimum atomic E-state index is -0.367. The van der Waals surface area contributed by atoms with Crippen LogP contribution in [0.2, 0.25) is 0 Å². The molecule has 1 aromatic carbocycles. The lowest BCUT2D eigenvalue weighted by Gasteiger charge is -2.14. The molecule has 4 heteroatoms. The maximum Gasteiger partial charge on any atom is 0.338 e. The molecule has 0 aliphatic heterocycles. The molecular weight excluding hydrogens is 257 g/mol. The van der Waals surface area contributed by atoms with E-state index >= 15 is 0 Å². The first kappa shape index (κ1) is 14.2. The molecule has 0 saturated carbocycles. The summed E-state index contributed by atoms with van der Waals surface area (Å²) in [6.07, 6.45) is 3.88. The maximum atomic E-state index is 12.9. The second kappa shape index (κ2) is 6.28. The van der Waals surface area contributed by atoms with Crippen LogP contribution in [0.25, 0.3) is 0 Å². The van der Waals surface area contributed by atoms with Crippen molar-refractivity contribution in [1.29, 1.82) is 0 Å². The van der Waals surface area contributed by atoms with Crippen molar-refractivity contribution >= 4 is 5.97 Å². The largest absolute Gasteiger partial charge is 0.465 e. The van der Waals surface area contributed by atoms with Gasteiger partial charge in [0.05, 0.1) is 12.7 Å². The zero-order valence-electron chi connectivity index (χ0n) is 11.5. The van der Waals surface area contributed by atoms with Gasteiger partial charge in [0.25, 0.3) is 0 Å². The molecule has 20 heavy (non-hydrogen) atoms. The van der Waals surface area contributed by atoms with Crippen LogP contribution in [0, 0.1) is 5.82 Å². The van der Waals surface area contributed by atoms with Gasteiger partial charge < -0.3 is 4.74 Å². The van der Waals surface area contributed by atoms with E-state index in [9.17, 15) is 9.18 Å². The van der Waals surface area contributed by atoms with Crippen LogP contribution in [0.5, 0.6) is 0 Å². The number of carbonyl (C=O) groups excluding carboxylic acids is 1. The van der Waals surface area contributed by atoms with Crippen LogP contribution in [0.4, 0.5) is 4.39 Å². The third-order valence-electron chi connectivity index (χ3n) is 3.27. The van der Waals surface area contributed by atoms with Crippen molar-refractivity contribution in [1.82, 2.24) is 4.98 Å². The highest BCUT2D eigenvalue weighted by atomic mass is 19.1. The number of pyridine rings is 1. The SMILES string of the molecule is COC(=O)c1ccncc1C[C@@H](C)c1ccc(F)cc1. The van der Waals surface area contributed by atoms with Gasteiger partial charge in [-0.25, -0.2) is 9.18 Å². The van der Waals surface area contributed by atoms with Gasteiger partial charge in [0, 0.05) is 12.4 Å². The van der Waals surface area contributed by atoms with E-state index in [2.05, 4.69) is 4.98 Å². The fourth-order valence-corrected chi connectivity index (χ4v) is 2.14. The summed E-state index contributed by atoms with van der Waals surface area (Å²) in [6.45, 7) is 2.03. The molecule has 0 N–H and O–H groups in total. The monoisotopic (exact) mass is 273 g/mol. The number of carbonyl (C=O) groups is 1. The van der Waals surface area contributed by atoms with Gasteiger partial charge in [-0.15, -0.1) is 0 Å². The van der Waals surface area contributed by atoms with Crippen LogP contribution >= 0.6 is 0 Å². The molecule has 0 aliphatic rings. The van der Waals surface area contributed by atoms with E-state index in [0.29, 0.717) is 12.0 Å². The van der Waals surface area contributed by atoms with E-state index in [1.165, 1.54) is 19.2 Å². The lowest BCUT2D eigenvalue weighted by molar-refractivity contribution is 0.0599. The molecule has 0 amide bonds. The molecule has 0 fully saturated rings. The second-order valence-electron chi connectivity index (χ2n) is 4.68. The van der Waals surface area contributed by atoms with Crippen LogP contribution in [0.1, 0.15) is 34.3 Å². The molecule has 0 radical (unpaired) electrons. The highest BCUT2D eigenvalue weighted by molar-refractivity contribution is 5.90. The quantitative estimate of drug-likeness (QED) is 0.802. The summed E-state index contributed by atoms with van der Waals surface area (Å²) < 4.78 is 17.7. The molecule has 1 heterocycles. The van der Waals surface area contributed by atoms with Gasteiger partial charge in [0.2, 0.25) is 0 Å². The average molecular weight is 273 g/mol. The number of halogens is 1. The molecule has 0 aliphatic carbocycles. The van der Waals surface area contributed by atoms with Crippen LogP contribution in [0.15, 0.2) is 42.7 Å². The summed E-state index contributed by atoms with van der Waals surface area (Å²) in [6, 6.07) is 8.05. The smallest absolute Gasteiger partial charge is 0.338 e. The number of hydrogen-bond acceptors (Lipinski definition) is 3. The van der Waals surface area contributed by atoms with Crippen molar-refractivity contribution in [3.05, 3.63) is 65.2 Å². The van der Waals surface area contributed by atoms with Crippen LogP contribution in [-0.4, -0.2) is 18.1 Å². The third kappa shape index (κ3) is 3.20. The molecule has 1 aromatic heterocycles. The van der Waals surface area contributed by atoms with Gasteiger partial charge >= 0.3 is 5.97 Å².